The number of benzene rings is 2. The highest BCUT2D eigenvalue weighted by Crippen LogP contribution is 2.35. The number of ether oxygens (including phenoxy) is 2. The number of aromatic nitrogens is 1. The first kappa shape index (κ1) is 23.5. The SMILES string of the molecule is CN1CCC(NC(=O)c2c3c(nc4ccccc24)CCN(CC2COc4ccc(Cl)cc4O2)C3)CC1. The number of carbonyl (C=O) groups is 1. The number of carbonyl (C=O) groups excluding carboxylic acids is 1. The van der Waals surface area contributed by atoms with Gasteiger partial charge < -0.3 is 19.7 Å². The molecule has 188 valence electrons. The number of pyridine rings is 1. The average molecular weight is 507 g/mol. The summed E-state index contributed by atoms with van der Waals surface area (Å²) >= 11 is 6.15. The van der Waals surface area contributed by atoms with E-state index < -0.39 is 0 Å². The van der Waals surface area contributed by atoms with Crippen LogP contribution in [0.15, 0.2) is 42.5 Å². The average Bonchev–Trinajstić information content (AvgIpc) is 2.88. The third-order valence-electron chi connectivity index (χ3n) is 7.49. The van der Waals surface area contributed by atoms with Gasteiger partial charge in [0.25, 0.3) is 5.91 Å². The van der Waals surface area contributed by atoms with Crippen molar-refractivity contribution < 1.29 is 14.3 Å². The van der Waals surface area contributed by atoms with Gasteiger partial charge in [-0.15, -0.1) is 0 Å². The van der Waals surface area contributed by atoms with E-state index in [0.29, 0.717) is 30.5 Å². The standard InChI is InChI=1S/C28H31ClN4O3/c1-32-11-8-19(9-12-32)30-28(34)27-21-4-2-3-5-23(21)31-24-10-13-33(16-22(24)27)15-20-17-35-25-7-6-18(29)14-26(25)36-20/h2-7,14,19-20H,8-13,15-17H2,1H3,(H,30,34). The van der Waals surface area contributed by atoms with Gasteiger partial charge in [-0.05, 0) is 51.2 Å². The second-order valence-corrected chi connectivity index (χ2v) is 10.5. The second kappa shape index (κ2) is 9.88. The number of hydrogen-bond acceptors (Lipinski definition) is 6. The van der Waals surface area contributed by atoms with E-state index in [1.807, 2.05) is 30.3 Å². The molecule has 1 N–H and O–H groups in total. The van der Waals surface area contributed by atoms with Crippen LogP contribution in [0.3, 0.4) is 0 Å². The molecule has 3 aliphatic rings. The van der Waals surface area contributed by atoms with Crippen LogP contribution in [-0.2, 0) is 13.0 Å². The first-order chi connectivity index (χ1) is 17.5. The van der Waals surface area contributed by atoms with Crippen molar-refractivity contribution >= 4 is 28.4 Å². The van der Waals surface area contributed by atoms with Crippen molar-refractivity contribution in [3.05, 3.63) is 64.3 Å². The van der Waals surface area contributed by atoms with Crippen molar-refractivity contribution in [2.24, 2.45) is 0 Å². The smallest absolute Gasteiger partial charge is 0.252 e. The Morgan fingerprint density at radius 2 is 1.97 bits per heavy atom. The molecule has 2 aromatic carbocycles. The zero-order valence-corrected chi connectivity index (χ0v) is 21.3. The third kappa shape index (κ3) is 4.75. The van der Waals surface area contributed by atoms with Gasteiger partial charge >= 0.3 is 0 Å². The lowest BCUT2D eigenvalue weighted by Gasteiger charge is -2.35. The molecule has 1 aromatic heterocycles. The van der Waals surface area contributed by atoms with Gasteiger partial charge in [0.05, 0.1) is 11.1 Å². The minimum Gasteiger partial charge on any atom is -0.486 e. The number of nitrogens with one attached hydrogen (secondary N) is 1. The van der Waals surface area contributed by atoms with Crippen LogP contribution in [0, 0.1) is 0 Å². The largest absolute Gasteiger partial charge is 0.486 e. The van der Waals surface area contributed by atoms with E-state index in [2.05, 4.69) is 22.2 Å². The summed E-state index contributed by atoms with van der Waals surface area (Å²) in [6.07, 6.45) is 2.64. The normalized spacial score (nSPS) is 20.8. The summed E-state index contributed by atoms with van der Waals surface area (Å²) in [6.45, 7) is 4.71. The van der Waals surface area contributed by atoms with Gasteiger partial charge in [-0.1, -0.05) is 29.8 Å². The molecular formula is C28H31ClN4O3. The summed E-state index contributed by atoms with van der Waals surface area (Å²) in [5.41, 5.74) is 3.72. The van der Waals surface area contributed by atoms with Gasteiger partial charge in [-0.3, -0.25) is 14.7 Å². The quantitative estimate of drug-likeness (QED) is 0.578. The van der Waals surface area contributed by atoms with E-state index in [9.17, 15) is 4.79 Å². The molecule has 36 heavy (non-hydrogen) atoms. The number of amides is 1. The van der Waals surface area contributed by atoms with E-state index in [-0.39, 0.29) is 18.1 Å². The molecule has 0 spiro atoms. The molecule has 0 saturated carbocycles. The molecule has 8 heteroatoms. The van der Waals surface area contributed by atoms with Crippen LogP contribution in [-0.4, -0.2) is 72.7 Å². The molecular weight excluding hydrogens is 476 g/mol. The van der Waals surface area contributed by atoms with Crippen molar-refractivity contribution in [2.75, 3.05) is 39.8 Å². The van der Waals surface area contributed by atoms with Crippen LogP contribution >= 0.6 is 11.6 Å². The molecule has 4 heterocycles. The molecule has 3 aromatic rings. The first-order valence-electron chi connectivity index (χ1n) is 12.7. The maximum atomic E-state index is 13.7. The van der Waals surface area contributed by atoms with Crippen molar-refractivity contribution in [3.8, 4) is 11.5 Å². The van der Waals surface area contributed by atoms with Gasteiger partial charge in [0.2, 0.25) is 0 Å². The highest BCUT2D eigenvalue weighted by Gasteiger charge is 2.30. The number of hydrogen-bond donors (Lipinski definition) is 1. The van der Waals surface area contributed by atoms with Crippen molar-refractivity contribution in [2.45, 2.75) is 38.0 Å². The Labute approximate surface area is 216 Å². The zero-order chi connectivity index (χ0) is 24.6. The molecule has 1 saturated heterocycles. The highest BCUT2D eigenvalue weighted by molar-refractivity contribution is 6.30. The monoisotopic (exact) mass is 506 g/mol. The third-order valence-corrected chi connectivity index (χ3v) is 7.73. The maximum absolute atomic E-state index is 13.7. The Hall–Kier alpha value is -2.87. The molecule has 1 amide bonds. The predicted octanol–water partition coefficient (Wildman–Crippen LogP) is 3.91. The van der Waals surface area contributed by atoms with Crippen LogP contribution < -0.4 is 14.8 Å². The van der Waals surface area contributed by atoms with Crippen LogP contribution in [0.25, 0.3) is 10.9 Å². The van der Waals surface area contributed by atoms with Crippen LogP contribution in [0.4, 0.5) is 0 Å². The summed E-state index contributed by atoms with van der Waals surface area (Å²) in [5, 5.41) is 4.89. The molecule has 0 radical (unpaired) electrons. The lowest BCUT2D eigenvalue weighted by Crippen LogP contribution is -2.45. The fourth-order valence-electron chi connectivity index (χ4n) is 5.54. The highest BCUT2D eigenvalue weighted by atomic mass is 35.5. The topological polar surface area (TPSA) is 66.9 Å². The summed E-state index contributed by atoms with van der Waals surface area (Å²) < 4.78 is 12.1. The van der Waals surface area contributed by atoms with E-state index >= 15 is 0 Å². The minimum absolute atomic E-state index is 0.0158. The number of fused-ring (bicyclic) bond motifs is 3. The first-order valence-corrected chi connectivity index (χ1v) is 13.1. The number of halogens is 1. The minimum atomic E-state index is -0.109. The van der Waals surface area contributed by atoms with Crippen molar-refractivity contribution in [3.63, 3.8) is 0 Å². The second-order valence-electron chi connectivity index (χ2n) is 10.1. The molecule has 7 nitrogen and oxygen atoms in total. The fraction of sp³-hybridized carbons (Fsp3) is 0.429. The summed E-state index contributed by atoms with van der Waals surface area (Å²) in [4.78, 5) is 23.3. The molecule has 1 fully saturated rings. The van der Waals surface area contributed by atoms with E-state index in [1.54, 1.807) is 12.1 Å². The van der Waals surface area contributed by atoms with Crippen LogP contribution in [0.2, 0.25) is 5.02 Å². The summed E-state index contributed by atoms with van der Waals surface area (Å²) in [5.74, 6) is 1.42. The number of piperidine rings is 1. The Bertz CT molecular complexity index is 1290. The Balaban J connectivity index is 1.24. The summed E-state index contributed by atoms with van der Waals surface area (Å²) in [7, 11) is 2.13. The number of para-hydroxylation sites is 1. The van der Waals surface area contributed by atoms with E-state index in [1.165, 1.54) is 0 Å². The van der Waals surface area contributed by atoms with E-state index in [0.717, 1.165) is 72.4 Å². The predicted molar refractivity (Wildman–Crippen MR) is 140 cm³/mol. The molecule has 0 bridgehead atoms. The number of rotatable bonds is 4. The Morgan fingerprint density at radius 1 is 1.14 bits per heavy atom. The van der Waals surface area contributed by atoms with Gasteiger partial charge in [-0.25, -0.2) is 0 Å². The van der Waals surface area contributed by atoms with Gasteiger partial charge in [0.1, 0.15) is 12.7 Å². The Kier molecular flexibility index (Phi) is 6.46. The lowest BCUT2D eigenvalue weighted by molar-refractivity contribution is 0.0546. The zero-order valence-electron chi connectivity index (χ0n) is 20.5. The van der Waals surface area contributed by atoms with Crippen LogP contribution in [0.1, 0.15) is 34.5 Å². The number of nitrogens with zero attached hydrogens (tertiary/aromatic N) is 3. The van der Waals surface area contributed by atoms with Crippen molar-refractivity contribution in [1.82, 2.24) is 20.1 Å². The van der Waals surface area contributed by atoms with Gasteiger partial charge in [0, 0.05) is 59.8 Å². The molecule has 3 aliphatic heterocycles. The molecule has 0 aliphatic carbocycles. The van der Waals surface area contributed by atoms with Gasteiger partial charge in [-0.2, -0.15) is 0 Å². The van der Waals surface area contributed by atoms with E-state index in [4.69, 9.17) is 26.1 Å². The number of likely N-dealkylation sites (tertiary alicyclic amines) is 1. The van der Waals surface area contributed by atoms with Gasteiger partial charge in [0.15, 0.2) is 11.5 Å². The van der Waals surface area contributed by atoms with Crippen LogP contribution in [0.5, 0.6) is 11.5 Å². The maximum Gasteiger partial charge on any atom is 0.252 e. The Morgan fingerprint density at radius 3 is 2.83 bits per heavy atom. The molecule has 1 unspecified atom stereocenters. The van der Waals surface area contributed by atoms with Crippen molar-refractivity contribution in [1.29, 1.82) is 0 Å². The molecule has 1 atom stereocenters. The fourth-order valence-corrected chi connectivity index (χ4v) is 5.70. The molecule has 6 rings (SSSR count). The summed E-state index contributed by atoms with van der Waals surface area (Å²) in [6, 6.07) is 13.7. The lowest BCUT2D eigenvalue weighted by atomic mass is 9.94.